The summed E-state index contributed by atoms with van der Waals surface area (Å²) in [6.07, 6.45) is 4.06. The van der Waals surface area contributed by atoms with Crippen LogP contribution in [-0.4, -0.2) is 10.1 Å². The van der Waals surface area contributed by atoms with Crippen LogP contribution in [0.4, 0.5) is 4.39 Å². The first-order chi connectivity index (χ1) is 9.87. The van der Waals surface area contributed by atoms with Crippen LogP contribution in [0.5, 0.6) is 0 Å². The zero-order valence-corrected chi connectivity index (χ0v) is 12.7. The minimum Gasteiger partial charge on any atom is -0.350 e. The van der Waals surface area contributed by atoms with E-state index in [0.717, 1.165) is 12.1 Å². The van der Waals surface area contributed by atoms with Gasteiger partial charge < -0.3 is 9.88 Å². The van der Waals surface area contributed by atoms with E-state index in [1.807, 2.05) is 16.8 Å². The smallest absolute Gasteiger partial charge is 0.140 e. The molecule has 2 rings (SSSR count). The van der Waals surface area contributed by atoms with Gasteiger partial charge in [0.15, 0.2) is 0 Å². The number of nitriles is 1. The molecule has 1 heterocycles. The maximum absolute atomic E-state index is 13.3. The number of nitrogens with zero attached hydrogens (tertiary/aromatic N) is 2. The van der Waals surface area contributed by atoms with Gasteiger partial charge in [0.2, 0.25) is 0 Å². The van der Waals surface area contributed by atoms with Gasteiger partial charge >= 0.3 is 0 Å². The fraction of sp³-hybridized carbons (Fsp3) is 0.353. The second-order valence-corrected chi connectivity index (χ2v) is 6.22. The lowest BCUT2D eigenvalue weighted by Crippen LogP contribution is -2.34. The molecule has 0 aliphatic rings. The maximum Gasteiger partial charge on any atom is 0.140 e. The third kappa shape index (κ3) is 4.44. The number of nitrogens with one attached hydrogen (secondary N) is 1. The molecule has 0 fully saturated rings. The maximum atomic E-state index is 13.3. The summed E-state index contributed by atoms with van der Waals surface area (Å²) in [5.74, 6) is -0.469. The molecule has 3 nitrogen and oxygen atoms in total. The molecule has 1 aromatic carbocycles. The van der Waals surface area contributed by atoms with Crippen molar-refractivity contribution in [3.63, 3.8) is 0 Å². The van der Waals surface area contributed by atoms with E-state index < -0.39 is 5.82 Å². The molecule has 1 N–H and O–H groups in total. The zero-order valence-electron chi connectivity index (χ0n) is 12.7. The SMILES string of the molecule is CC(C)(C)NCc1ccn(Cc2ccc(F)c(C#N)c2)c1. The van der Waals surface area contributed by atoms with Gasteiger partial charge in [-0.2, -0.15) is 5.26 Å². The lowest BCUT2D eigenvalue weighted by molar-refractivity contribution is 0.424. The van der Waals surface area contributed by atoms with Crippen molar-refractivity contribution in [2.24, 2.45) is 0 Å². The van der Waals surface area contributed by atoms with Crippen molar-refractivity contribution in [1.29, 1.82) is 5.26 Å². The van der Waals surface area contributed by atoms with Crippen molar-refractivity contribution in [2.75, 3.05) is 0 Å². The van der Waals surface area contributed by atoms with E-state index in [1.54, 1.807) is 12.1 Å². The van der Waals surface area contributed by atoms with Crippen molar-refractivity contribution in [3.05, 3.63) is 59.2 Å². The summed E-state index contributed by atoms with van der Waals surface area (Å²) in [6, 6.07) is 8.59. The molecule has 21 heavy (non-hydrogen) atoms. The Balaban J connectivity index is 2.04. The number of halogens is 1. The molecule has 0 spiro atoms. The Kier molecular flexibility index (Phi) is 4.44. The van der Waals surface area contributed by atoms with Crippen LogP contribution < -0.4 is 5.32 Å². The summed E-state index contributed by atoms with van der Waals surface area (Å²) >= 11 is 0. The van der Waals surface area contributed by atoms with Crippen molar-refractivity contribution in [1.82, 2.24) is 9.88 Å². The van der Waals surface area contributed by atoms with Gasteiger partial charge in [0.1, 0.15) is 11.9 Å². The number of hydrogen-bond acceptors (Lipinski definition) is 2. The quantitative estimate of drug-likeness (QED) is 0.935. The molecular formula is C17H20FN3. The number of hydrogen-bond donors (Lipinski definition) is 1. The van der Waals surface area contributed by atoms with Gasteiger partial charge in [0.05, 0.1) is 5.56 Å². The second kappa shape index (κ2) is 6.11. The number of benzene rings is 1. The van der Waals surface area contributed by atoms with Crippen molar-refractivity contribution < 1.29 is 4.39 Å². The van der Waals surface area contributed by atoms with Crippen LogP contribution >= 0.6 is 0 Å². The molecule has 0 bridgehead atoms. The topological polar surface area (TPSA) is 40.8 Å². The van der Waals surface area contributed by atoms with Crippen LogP contribution in [0.1, 0.15) is 37.5 Å². The molecule has 0 atom stereocenters. The van der Waals surface area contributed by atoms with E-state index >= 15 is 0 Å². The summed E-state index contributed by atoms with van der Waals surface area (Å²) in [4.78, 5) is 0. The van der Waals surface area contributed by atoms with Gasteiger partial charge in [-0.05, 0) is 50.1 Å². The largest absolute Gasteiger partial charge is 0.350 e. The van der Waals surface area contributed by atoms with Gasteiger partial charge in [-0.15, -0.1) is 0 Å². The van der Waals surface area contributed by atoms with Crippen molar-refractivity contribution in [2.45, 2.75) is 39.4 Å². The highest BCUT2D eigenvalue weighted by Gasteiger charge is 2.09. The van der Waals surface area contributed by atoms with E-state index in [9.17, 15) is 4.39 Å². The van der Waals surface area contributed by atoms with E-state index in [-0.39, 0.29) is 11.1 Å². The first kappa shape index (κ1) is 15.3. The Morgan fingerprint density at radius 1 is 1.24 bits per heavy atom. The van der Waals surface area contributed by atoms with Crippen molar-refractivity contribution in [3.8, 4) is 6.07 Å². The molecule has 0 radical (unpaired) electrons. The van der Waals surface area contributed by atoms with Gasteiger partial charge in [-0.3, -0.25) is 0 Å². The molecule has 0 aliphatic heterocycles. The minimum absolute atomic E-state index is 0.0841. The van der Waals surface area contributed by atoms with Gasteiger partial charge in [0.25, 0.3) is 0 Å². The fourth-order valence-electron chi connectivity index (χ4n) is 2.03. The molecule has 1 aromatic heterocycles. The van der Waals surface area contributed by atoms with Gasteiger partial charge in [0, 0.05) is 31.0 Å². The normalized spacial score (nSPS) is 11.4. The molecule has 110 valence electrons. The number of rotatable bonds is 4. The summed E-state index contributed by atoms with van der Waals surface area (Å²) in [5.41, 5.74) is 2.29. The molecule has 0 unspecified atom stereocenters. The van der Waals surface area contributed by atoms with Gasteiger partial charge in [-0.25, -0.2) is 4.39 Å². The monoisotopic (exact) mass is 285 g/mol. The number of aromatic nitrogens is 1. The Bertz CT molecular complexity index is 659. The van der Waals surface area contributed by atoms with E-state index in [0.29, 0.717) is 6.54 Å². The van der Waals surface area contributed by atoms with Crippen LogP contribution in [0.15, 0.2) is 36.7 Å². The predicted octanol–water partition coefficient (Wildman–Crippen LogP) is 3.44. The van der Waals surface area contributed by atoms with E-state index in [2.05, 4.69) is 38.4 Å². The molecule has 0 saturated heterocycles. The van der Waals surface area contributed by atoms with Crippen LogP contribution in [0.3, 0.4) is 0 Å². The third-order valence-corrected chi connectivity index (χ3v) is 3.15. The average Bonchev–Trinajstić information content (AvgIpc) is 2.85. The summed E-state index contributed by atoms with van der Waals surface area (Å²) in [5, 5.41) is 12.3. The Morgan fingerprint density at radius 3 is 2.67 bits per heavy atom. The Labute approximate surface area is 125 Å². The molecule has 0 saturated carbocycles. The minimum atomic E-state index is -0.469. The lowest BCUT2D eigenvalue weighted by Gasteiger charge is -2.19. The molecular weight excluding hydrogens is 265 g/mol. The van der Waals surface area contributed by atoms with Crippen LogP contribution in [-0.2, 0) is 13.1 Å². The molecule has 2 aromatic rings. The molecule has 0 amide bonds. The second-order valence-electron chi connectivity index (χ2n) is 6.22. The van der Waals surface area contributed by atoms with Crippen molar-refractivity contribution >= 4 is 0 Å². The summed E-state index contributed by atoms with van der Waals surface area (Å²) in [6.45, 7) is 7.83. The van der Waals surface area contributed by atoms with Crippen LogP contribution in [0.25, 0.3) is 0 Å². The zero-order chi connectivity index (χ0) is 15.5. The standard InChI is InChI=1S/C17H20FN3/c1-17(2,3)20-10-14-6-7-21(12-14)11-13-4-5-16(18)15(8-13)9-19/h4-8,12,20H,10-11H2,1-3H3. The van der Waals surface area contributed by atoms with Crippen LogP contribution in [0.2, 0.25) is 0 Å². The first-order valence-corrected chi connectivity index (χ1v) is 6.95. The molecule has 0 aliphatic carbocycles. The highest BCUT2D eigenvalue weighted by atomic mass is 19.1. The average molecular weight is 285 g/mol. The summed E-state index contributed by atoms with van der Waals surface area (Å²) < 4.78 is 15.3. The highest BCUT2D eigenvalue weighted by molar-refractivity contribution is 5.34. The highest BCUT2D eigenvalue weighted by Crippen LogP contribution is 2.12. The van der Waals surface area contributed by atoms with Gasteiger partial charge in [-0.1, -0.05) is 6.07 Å². The third-order valence-electron chi connectivity index (χ3n) is 3.15. The predicted molar refractivity (Wildman–Crippen MR) is 81.2 cm³/mol. The fourth-order valence-corrected chi connectivity index (χ4v) is 2.03. The van der Waals surface area contributed by atoms with E-state index in [1.165, 1.54) is 11.6 Å². The molecule has 4 heteroatoms. The Morgan fingerprint density at radius 2 is 2.00 bits per heavy atom. The Hall–Kier alpha value is -2.12. The lowest BCUT2D eigenvalue weighted by atomic mass is 10.1. The van der Waals surface area contributed by atoms with E-state index in [4.69, 9.17) is 5.26 Å². The van der Waals surface area contributed by atoms with Crippen LogP contribution in [0, 0.1) is 17.1 Å². The first-order valence-electron chi connectivity index (χ1n) is 6.95. The summed E-state index contributed by atoms with van der Waals surface area (Å²) in [7, 11) is 0.